The predicted molar refractivity (Wildman–Crippen MR) is 58.8 cm³/mol. The van der Waals surface area contributed by atoms with Crippen LogP contribution in [0.25, 0.3) is 0 Å². The van der Waals surface area contributed by atoms with Crippen LogP contribution in [-0.4, -0.2) is 0 Å². The van der Waals surface area contributed by atoms with Crippen LogP contribution in [0.3, 0.4) is 0 Å². The predicted octanol–water partition coefficient (Wildman–Crippen LogP) is 4.16. The van der Waals surface area contributed by atoms with Gasteiger partial charge in [-0.3, -0.25) is 0 Å². The van der Waals surface area contributed by atoms with Gasteiger partial charge < -0.3 is 0 Å². The Morgan fingerprint density at radius 3 is 2.62 bits per heavy atom. The van der Waals surface area contributed by atoms with Crippen LogP contribution in [-0.2, 0) is 0 Å². The first kappa shape index (κ1) is 10.3. The molecule has 0 amide bonds. The minimum absolute atomic E-state index is 0.661. The first-order valence-electron chi connectivity index (χ1n) is 5.16. The fourth-order valence-electron chi connectivity index (χ4n) is 1.68. The van der Waals surface area contributed by atoms with Crippen molar-refractivity contribution < 1.29 is 0 Å². The van der Waals surface area contributed by atoms with E-state index in [4.69, 9.17) is 0 Å². The van der Waals surface area contributed by atoms with Crippen molar-refractivity contribution in [3.05, 3.63) is 42.3 Å². The molecule has 0 aliphatic heterocycles. The van der Waals surface area contributed by atoms with Crippen LogP contribution >= 0.6 is 0 Å². The summed E-state index contributed by atoms with van der Waals surface area (Å²) in [7, 11) is 0. The van der Waals surface area contributed by atoms with E-state index in [1.165, 1.54) is 30.4 Å². The van der Waals surface area contributed by atoms with E-state index >= 15 is 0 Å². The zero-order valence-electron chi connectivity index (χ0n) is 8.72. The Kier molecular flexibility index (Phi) is 4.01. The molecule has 0 heterocycles. The van der Waals surface area contributed by atoms with E-state index in [2.05, 4.69) is 45.0 Å². The summed E-state index contributed by atoms with van der Waals surface area (Å²) in [5, 5.41) is 0. The molecule has 0 nitrogen and oxygen atoms in total. The lowest BCUT2D eigenvalue weighted by atomic mass is 9.92. The highest BCUT2D eigenvalue weighted by molar-refractivity contribution is 5.31. The summed E-state index contributed by atoms with van der Waals surface area (Å²) in [5.41, 5.74) is 2.60. The minimum atomic E-state index is 0.661. The van der Waals surface area contributed by atoms with E-state index in [1.54, 1.807) is 0 Å². The molecule has 0 aliphatic rings. The average molecular weight is 175 g/mol. The van der Waals surface area contributed by atoms with E-state index < -0.39 is 0 Å². The highest BCUT2D eigenvalue weighted by atomic mass is 14.1. The van der Waals surface area contributed by atoms with Crippen molar-refractivity contribution in [3.8, 4) is 0 Å². The summed E-state index contributed by atoms with van der Waals surface area (Å²) >= 11 is 0. The third-order valence-electron chi connectivity index (χ3n) is 2.58. The van der Waals surface area contributed by atoms with Crippen LogP contribution in [0.2, 0.25) is 0 Å². The van der Waals surface area contributed by atoms with E-state index in [1.807, 2.05) is 0 Å². The van der Waals surface area contributed by atoms with Crippen LogP contribution < -0.4 is 0 Å². The van der Waals surface area contributed by atoms with Gasteiger partial charge in [0.2, 0.25) is 0 Å². The second-order valence-electron chi connectivity index (χ2n) is 3.74. The smallest absolute Gasteiger partial charge is 0.0188 e. The molecule has 1 atom stereocenters. The van der Waals surface area contributed by atoms with E-state index in [9.17, 15) is 0 Å². The second-order valence-corrected chi connectivity index (χ2v) is 3.74. The Morgan fingerprint density at radius 2 is 2.00 bits per heavy atom. The summed E-state index contributed by atoms with van der Waals surface area (Å²) in [6, 6.07) is 8.45. The molecule has 0 aliphatic carbocycles. The molecule has 0 N–H and O–H groups in total. The molecule has 0 heteroatoms. The molecule has 0 saturated heterocycles. The molecule has 0 spiro atoms. The summed E-state index contributed by atoms with van der Waals surface area (Å²) in [4.78, 5) is 0. The Labute approximate surface area is 82.0 Å². The van der Waals surface area contributed by atoms with Gasteiger partial charge in [0, 0.05) is 0 Å². The molecule has 0 bridgehead atoms. The number of hydrogen-bond donors (Lipinski definition) is 0. The molecule has 13 heavy (non-hydrogen) atoms. The first-order valence-corrected chi connectivity index (χ1v) is 5.16. The fraction of sp³-hybridized carbons (Fsp3) is 0.462. The molecular formula is C13H19. The molecule has 1 rings (SSSR count). The Morgan fingerprint density at radius 1 is 1.31 bits per heavy atom. The van der Waals surface area contributed by atoms with Crippen molar-refractivity contribution >= 4 is 0 Å². The van der Waals surface area contributed by atoms with Crippen LogP contribution in [0.15, 0.2) is 24.3 Å². The van der Waals surface area contributed by atoms with Crippen molar-refractivity contribution in [2.45, 2.75) is 39.0 Å². The van der Waals surface area contributed by atoms with Gasteiger partial charge in [0.1, 0.15) is 0 Å². The standard InChI is InChI=1S/C13H19/c1-4-5-8-11(2)13-10-7-6-9-12(13)3/h6-7,9-11H,3-5,8H2,1-2H3. The maximum Gasteiger partial charge on any atom is -0.0188 e. The van der Waals surface area contributed by atoms with Gasteiger partial charge in [-0.25, -0.2) is 0 Å². The third-order valence-corrected chi connectivity index (χ3v) is 2.58. The van der Waals surface area contributed by atoms with Crippen molar-refractivity contribution in [2.75, 3.05) is 0 Å². The number of benzene rings is 1. The minimum Gasteiger partial charge on any atom is -0.0654 e. The number of unbranched alkanes of at least 4 members (excludes halogenated alkanes) is 1. The summed E-state index contributed by atoms with van der Waals surface area (Å²) in [6.45, 7) is 8.58. The maximum absolute atomic E-state index is 4.05. The number of hydrogen-bond acceptors (Lipinski definition) is 0. The zero-order chi connectivity index (χ0) is 9.68. The number of rotatable bonds is 4. The highest BCUT2D eigenvalue weighted by Gasteiger charge is 2.06. The van der Waals surface area contributed by atoms with Crippen LogP contribution in [0, 0.1) is 6.92 Å². The van der Waals surface area contributed by atoms with Gasteiger partial charge >= 0.3 is 0 Å². The maximum atomic E-state index is 4.05. The quantitative estimate of drug-likeness (QED) is 0.644. The molecule has 71 valence electrons. The molecule has 1 radical (unpaired) electrons. The van der Waals surface area contributed by atoms with E-state index in [0.717, 1.165) is 0 Å². The molecule has 1 aromatic rings. The van der Waals surface area contributed by atoms with Crippen molar-refractivity contribution in [1.82, 2.24) is 0 Å². The summed E-state index contributed by atoms with van der Waals surface area (Å²) < 4.78 is 0. The van der Waals surface area contributed by atoms with Gasteiger partial charge in [0.05, 0.1) is 0 Å². The normalized spacial score (nSPS) is 12.8. The van der Waals surface area contributed by atoms with Crippen LogP contribution in [0.1, 0.15) is 50.2 Å². The largest absolute Gasteiger partial charge is 0.0654 e. The van der Waals surface area contributed by atoms with Gasteiger partial charge in [-0.15, -0.1) is 0 Å². The second kappa shape index (κ2) is 5.06. The molecular weight excluding hydrogens is 156 g/mol. The van der Waals surface area contributed by atoms with E-state index in [-0.39, 0.29) is 0 Å². The third kappa shape index (κ3) is 2.87. The topological polar surface area (TPSA) is 0 Å². The van der Waals surface area contributed by atoms with Crippen molar-refractivity contribution in [3.63, 3.8) is 0 Å². The van der Waals surface area contributed by atoms with Gasteiger partial charge in [-0.05, 0) is 30.4 Å². The summed E-state index contributed by atoms with van der Waals surface area (Å²) in [5.74, 6) is 0.661. The van der Waals surface area contributed by atoms with Crippen molar-refractivity contribution in [1.29, 1.82) is 0 Å². The first-order chi connectivity index (χ1) is 6.25. The Balaban J connectivity index is 2.65. The van der Waals surface area contributed by atoms with Gasteiger partial charge in [0.15, 0.2) is 0 Å². The Bertz CT molecular complexity index is 250. The average Bonchev–Trinajstić information content (AvgIpc) is 2.15. The molecule has 0 fully saturated rings. The van der Waals surface area contributed by atoms with Crippen molar-refractivity contribution in [2.24, 2.45) is 0 Å². The SMILES string of the molecule is [CH2]c1ccccc1C(C)CCCC. The van der Waals surface area contributed by atoms with Crippen LogP contribution in [0.5, 0.6) is 0 Å². The Hall–Kier alpha value is -0.780. The molecule has 1 unspecified atom stereocenters. The summed E-state index contributed by atoms with van der Waals surface area (Å²) in [6.07, 6.45) is 3.88. The fourth-order valence-corrected chi connectivity index (χ4v) is 1.68. The van der Waals surface area contributed by atoms with E-state index in [0.29, 0.717) is 5.92 Å². The molecule has 0 saturated carbocycles. The lowest BCUT2D eigenvalue weighted by Crippen LogP contribution is -1.95. The zero-order valence-corrected chi connectivity index (χ0v) is 8.72. The monoisotopic (exact) mass is 175 g/mol. The highest BCUT2D eigenvalue weighted by Crippen LogP contribution is 2.23. The van der Waals surface area contributed by atoms with Gasteiger partial charge in [0.25, 0.3) is 0 Å². The molecule has 1 aromatic carbocycles. The lowest BCUT2D eigenvalue weighted by molar-refractivity contribution is 0.623. The lowest BCUT2D eigenvalue weighted by Gasteiger charge is -2.13. The van der Waals surface area contributed by atoms with Gasteiger partial charge in [-0.1, -0.05) is 51.0 Å². The molecule has 0 aromatic heterocycles. The van der Waals surface area contributed by atoms with Gasteiger partial charge in [-0.2, -0.15) is 0 Å². The van der Waals surface area contributed by atoms with Crippen LogP contribution in [0.4, 0.5) is 0 Å².